The molecule has 2 aromatic heterocycles. The van der Waals surface area contributed by atoms with Crippen molar-refractivity contribution in [3.05, 3.63) is 48.1 Å². The van der Waals surface area contributed by atoms with Gasteiger partial charge in [-0.15, -0.1) is 5.10 Å². The Labute approximate surface area is 166 Å². The molecule has 1 N–H and O–H groups in total. The third-order valence-electron chi connectivity index (χ3n) is 5.03. The molecular formula is C19H21N7O3. The van der Waals surface area contributed by atoms with Crippen molar-refractivity contribution in [1.29, 1.82) is 0 Å². The van der Waals surface area contributed by atoms with E-state index < -0.39 is 0 Å². The van der Waals surface area contributed by atoms with Gasteiger partial charge in [0.15, 0.2) is 0 Å². The second-order valence-electron chi connectivity index (χ2n) is 6.89. The first-order valence-corrected chi connectivity index (χ1v) is 9.53. The molecule has 1 aliphatic heterocycles. The van der Waals surface area contributed by atoms with E-state index >= 15 is 0 Å². The standard InChI is InChI=1S/C19H21N7O3/c1-2-14-11-17(29-22-14)19(28)25-9-7-13(8-10-25)18(27)21-15-3-5-16(6-4-15)26-12-20-23-24-26/h3-6,11-13H,2,7-10H2,1H3,(H,21,27). The van der Waals surface area contributed by atoms with Crippen molar-refractivity contribution in [3.8, 4) is 5.69 Å². The van der Waals surface area contributed by atoms with Crippen LogP contribution in [0.15, 0.2) is 41.2 Å². The normalized spacial score (nSPS) is 14.7. The van der Waals surface area contributed by atoms with Crippen LogP contribution < -0.4 is 5.32 Å². The lowest BCUT2D eigenvalue weighted by atomic mass is 9.95. The summed E-state index contributed by atoms with van der Waals surface area (Å²) in [5.74, 6) is -0.0963. The molecule has 0 saturated carbocycles. The minimum Gasteiger partial charge on any atom is -0.351 e. The minimum absolute atomic E-state index is 0.0415. The Morgan fingerprint density at radius 3 is 2.59 bits per heavy atom. The summed E-state index contributed by atoms with van der Waals surface area (Å²) in [6.45, 7) is 2.98. The largest absolute Gasteiger partial charge is 0.351 e. The molecule has 0 aliphatic carbocycles. The molecule has 2 amide bonds. The smallest absolute Gasteiger partial charge is 0.292 e. The van der Waals surface area contributed by atoms with Gasteiger partial charge in [-0.3, -0.25) is 9.59 Å². The van der Waals surface area contributed by atoms with Crippen molar-refractivity contribution in [2.24, 2.45) is 5.92 Å². The summed E-state index contributed by atoms with van der Waals surface area (Å²) in [5.41, 5.74) is 2.27. The maximum absolute atomic E-state index is 12.6. The fourth-order valence-corrected chi connectivity index (χ4v) is 3.30. The number of anilines is 1. The third kappa shape index (κ3) is 4.15. The number of tetrazole rings is 1. The molecule has 0 spiro atoms. The summed E-state index contributed by atoms with van der Waals surface area (Å²) >= 11 is 0. The monoisotopic (exact) mass is 395 g/mol. The Hall–Kier alpha value is -3.56. The van der Waals surface area contributed by atoms with Crippen LogP contribution in [0.4, 0.5) is 5.69 Å². The Balaban J connectivity index is 1.30. The zero-order valence-corrected chi connectivity index (χ0v) is 16.0. The number of carbonyl (C=O) groups excluding carboxylic acids is 2. The first-order valence-electron chi connectivity index (χ1n) is 9.53. The third-order valence-corrected chi connectivity index (χ3v) is 5.03. The van der Waals surface area contributed by atoms with Gasteiger partial charge in [0.05, 0.1) is 11.4 Å². The van der Waals surface area contributed by atoms with E-state index in [4.69, 9.17) is 4.52 Å². The van der Waals surface area contributed by atoms with Crippen LogP contribution in [0, 0.1) is 5.92 Å². The van der Waals surface area contributed by atoms with Crippen LogP contribution in [-0.4, -0.2) is 55.2 Å². The van der Waals surface area contributed by atoms with Gasteiger partial charge >= 0.3 is 0 Å². The van der Waals surface area contributed by atoms with Gasteiger partial charge in [-0.25, -0.2) is 4.68 Å². The van der Waals surface area contributed by atoms with Crippen molar-refractivity contribution in [1.82, 2.24) is 30.3 Å². The summed E-state index contributed by atoms with van der Waals surface area (Å²) in [6, 6.07) is 8.95. The Morgan fingerprint density at radius 2 is 1.97 bits per heavy atom. The lowest BCUT2D eigenvalue weighted by molar-refractivity contribution is -0.121. The predicted octanol–water partition coefficient (Wildman–Crippen LogP) is 1.70. The number of piperidine rings is 1. The van der Waals surface area contributed by atoms with Crippen molar-refractivity contribution >= 4 is 17.5 Å². The number of nitrogens with one attached hydrogen (secondary N) is 1. The number of rotatable bonds is 5. The molecule has 10 nitrogen and oxygen atoms in total. The maximum atomic E-state index is 12.6. The van der Waals surface area contributed by atoms with Crippen molar-refractivity contribution in [3.63, 3.8) is 0 Å². The van der Waals surface area contributed by atoms with Gasteiger partial charge in [0.2, 0.25) is 11.7 Å². The second kappa shape index (κ2) is 8.21. The molecule has 1 aromatic carbocycles. The second-order valence-corrected chi connectivity index (χ2v) is 6.89. The Morgan fingerprint density at radius 1 is 1.21 bits per heavy atom. The minimum atomic E-state index is -0.172. The van der Waals surface area contributed by atoms with Crippen LogP contribution in [0.5, 0.6) is 0 Å². The van der Waals surface area contributed by atoms with Crippen LogP contribution in [0.1, 0.15) is 36.0 Å². The van der Waals surface area contributed by atoms with Gasteiger partial charge in [-0.05, 0) is 54.0 Å². The SMILES string of the molecule is CCc1cc(C(=O)N2CCC(C(=O)Nc3ccc(-n4cnnn4)cc3)CC2)on1. The molecule has 29 heavy (non-hydrogen) atoms. The molecule has 1 saturated heterocycles. The van der Waals surface area contributed by atoms with Gasteiger partial charge < -0.3 is 14.7 Å². The maximum Gasteiger partial charge on any atom is 0.292 e. The van der Waals surface area contributed by atoms with E-state index in [0.717, 1.165) is 17.8 Å². The fraction of sp³-hybridized carbons (Fsp3) is 0.368. The molecule has 150 valence electrons. The lowest BCUT2D eigenvalue weighted by Gasteiger charge is -2.30. The van der Waals surface area contributed by atoms with E-state index in [1.807, 2.05) is 31.2 Å². The van der Waals surface area contributed by atoms with E-state index in [1.165, 1.54) is 11.0 Å². The number of aryl methyl sites for hydroxylation is 1. The summed E-state index contributed by atoms with van der Waals surface area (Å²) in [4.78, 5) is 26.8. The van der Waals surface area contributed by atoms with E-state index in [1.54, 1.807) is 11.0 Å². The number of likely N-dealkylation sites (tertiary alicyclic amines) is 1. The molecular weight excluding hydrogens is 374 g/mol. The zero-order chi connectivity index (χ0) is 20.2. The van der Waals surface area contributed by atoms with Crippen molar-refractivity contribution in [2.45, 2.75) is 26.2 Å². The van der Waals surface area contributed by atoms with Crippen LogP contribution in [0.3, 0.4) is 0 Å². The highest BCUT2D eigenvalue weighted by Gasteiger charge is 2.29. The Bertz CT molecular complexity index is 974. The zero-order valence-electron chi connectivity index (χ0n) is 16.0. The van der Waals surface area contributed by atoms with Crippen LogP contribution in [-0.2, 0) is 11.2 Å². The van der Waals surface area contributed by atoms with Gasteiger partial charge in [-0.2, -0.15) is 0 Å². The van der Waals surface area contributed by atoms with Crippen LogP contribution in [0.2, 0.25) is 0 Å². The van der Waals surface area contributed by atoms with Gasteiger partial charge in [0.1, 0.15) is 6.33 Å². The quantitative estimate of drug-likeness (QED) is 0.698. The molecule has 1 fully saturated rings. The first-order chi connectivity index (χ1) is 14.1. The molecule has 0 radical (unpaired) electrons. The number of carbonyl (C=O) groups is 2. The summed E-state index contributed by atoms with van der Waals surface area (Å²) in [5, 5.41) is 17.8. The Kier molecular flexibility index (Phi) is 5.32. The van der Waals surface area contributed by atoms with Crippen molar-refractivity contribution in [2.75, 3.05) is 18.4 Å². The molecule has 1 aliphatic rings. The average molecular weight is 395 g/mol. The van der Waals surface area contributed by atoms with E-state index in [-0.39, 0.29) is 23.5 Å². The highest BCUT2D eigenvalue weighted by atomic mass is 16.5. The van der Waals surface area contributed by atoms with Gasteiger partial charge in [0, 0.05) is 30.8 Å². The molecule has 0 unspecified atom stereocenters. The molecule has 3 heterocycles. The summed E-state index contributed by atoms with van der Waals surface area (Å²) < 4.78 is 6.66. The highest BCUT2D eigenvalue weighted by molar-refractivity contribution is 5.94. The molecule has 0 atom stereocenters. The molecule has 0 bridgehead atoms. The number of benzene rings is 1. The van der Waals surface area contributed by atoms with Crippen molar-refractivity contribution < 1.29 is 14.1 Å². The van der Waals surface area contributed by atoms with Crippen LogP contribution >= 0.6 is 0 Å². The topological polar surface area (TPSA) is 119 Å². The number of hydrogen-bond donors (Lipinski definition) is 1. The van der Waals surface area contributed by atoms with E-state index in [0.29, 0.717) is 31.6 Å². The summed E-state index contributed by atoms with van der Waals surface area (Å²) in [6.07, 6.45) is 3.43. The van der Waals surface area contributed by atoms with E-state index in [9.17, 15) is 9.59 Å². The first kappa shape index (κ1) is 18.8. The highest BCUT2D eigenvalue weighted by Crippen LogP contribution is 2.22. The van der Waals surface area contributed by atoms with E-state index in [2.05, 4.69) is 26.0 Å². The van der Waals surface area contributed by atoms with Gasteiger partial charge in [-0.1, -0.05) is 12.1 Å². The fourth-order valence-electron chi connectivity index (χ4n) is 3.30. The molecule has 3 aromatic rings. The number of nitrogens with zero attached hydrogens (tertiary/aromatic N) is 6. The number of hydrogen-bond acceptors (Lipinski definition) is 7. The number of amides is 2. The number of aromatic nitrogens is 5. The average Bonchev–Trinajstić information content (AvgIpc) is 3.46. The molecule has 4 rings (SSSR count). The van der Waals surface area contributed by atoms with Gasteiger partial charge in [0.25, 0.3) is 5.91 Å². The predicted molar refractivity (Wildman–Crippen MR) is 102 cm³/mol. The molecule has 10 heteroatoms. The summed E-state index contributed by atoms with van der Waals surface area (Å²) in [7, 11) is 0. The van der Waals surface area contributed by atoms with Crippen LogP contribution in [0.25, 0.3) is 5.69 Å². The lowest BCUT2D eigenvalue weighted by Crippen LogP contribution is -2.41.